The molecule has 0 saturated carbocycles. The van der Waals surface area contributed by atoms with Crippen LogP contribution in [0.15, 0.2) is 36.5 Å². The van der Waals surface area contributed by atoms with Crippen LogP contribution in [0.5, 0.6) is 0 Å². The monoisotopic (exact) mass is 350 g/mol. The van der Waals surface area contributed by atoms with Crippen LogP contribution in [0, 0.1) is 10.1 Å². The van der Waals surface area contributed by atoms with E-state index in [1.807, 2.05) is 18.2 Å². The summed E-state index contributed by atoms with van der Waals surface area (Å²) in [7, 11) is 0. The van der Waals surface area contributed by atoms with Gasteiger partial charge in [0.15, 0.2) is 6.29 Å². The summed E-state index contributed by atoms with van der Waals surface area (Å²) >= 11 is 0. The minimum atomic E-state index is -0.520. The molecule has 0 fully saturated rings. The Hall–Kier alpha value is -3.55. The van der Waals surface area contributed by atoms with Gasteiger partial charge in [0.1, 0.15) is 17.0 Å². The highest BCUT2D eigenvalue weighted by Gasteiger charge is 2.24. The van der Waals surface area contributed by atoms with E-state index in [-0.39, 0.29) is 17.3 Å². The normalized spacial score (nSPS) is 13.0. The van der Waals surface area contributed by atoms with Crippen molar-refractivity contribution in [3.63, 3.8) is 0 Å². The Kier molecular flexibility index (Phi) is 3.54. The molecule has 3 aromatic rings. The maximum absolute atomic E-state index is 11.8. The average Bonchev–Trinajstić information content (AvgIpc) is 3.21. The topological polar surface area (TPSA) is 97.8 Å². The van der Waals surface area contributed by atoms with Crippen LogP contribution in [0.1, 0.15) is 23.0 Å². The van der Waals surface area contributed by atoms with Gasteiger partial charge in [-0.25, -0.2) is 4.98 Å². The predicted octanol–water partition coefficient (Wildman–Crippen LogP) is 2.63. The second-order valence-corrected chi connectivity index (χ2v) is 6.10. The van der Waals surface area contributed by atoms with Gasteiger partial charge in [-0.3, -0.25) is 24.1 Å². The number of hydrogen-bond donors (Lipinski definition) is 0. The number of aldehydes is 1. The summed E-state index contributed by atoms with van der Waals surface area (Å²) in [6, 6.07) is 8.47. The third kappa shape index (κ3) is 2.34. The van der Waals surface area contributed by atoms with Gasteiger partial charge < -0.3 is 4.90 Å². The number of imidazole rings is 1. The molecule has 0 radical (unpaired) electrons. The lowest BCUT2D eigenvalue weighted by Crippen LogP contribution is -2.25. The van der Waals surface area contributed by atoms with Crippen molar-refractivity contribution in [3.8, 4) is 11.3 Å². The first kappa shape index (κ1) is 15.9. The van der Waals surface area contributed by atoms with E-state index in [9.17, 15) is 19.7 Å². The van der Waals surface area contributed by atoms with E-state index in [0.29, 0.717) is 29.7 Å². The summed E-state index contributed by atoms with van der Waals surface area (Å²) in [5.41, 5.74) is 3.55. The molecule has 3 heterocycles. The van der Waals surface area contributed by atoms with Gasteiger partial charge in [0.2, 0.25) is 5.91 Å². The number of nitrogens with zero attached hydrogens (tertiary/aromatic N) is 4. The van der Waals surface area contributed by atoms with E-state index < -0.39 is 4.92 Å². The number of nitro groups is 1. The standard InChI is InChI=1S/C18H14N4O4/c1-11(24)20-7-6-12-2-3-13(8-15(12)20)18-16(10-23)21-9-14(22(25)26)4-5-17(21)19-18/h2-5,8-10H,6-7H2,1H3. The summed E-state index contributed by atoms with van der Waals surface area (Å²) < 4.78 is 1.41. The first-order chi connectivity index (χ1) is 12.5. The first-order valence-corrected chi connectivity index (χ1v) is 8.02. The van der Waals surface area contributed by atoms with Gasteiger partial charge in [0.25, 0.3) is 5.69 Å². The summed E-state index contributed by atoms with van der Waals surface area (Å²) in [6.07, 6.45) is 2.70. The molecular weight excluding hydrogens is 336 g/mol. The fourth-order valence-electron chi connectivity index (χ4n) is 3.34. The van der Waals surface area contributed by atoms with Crippen molar-refractivity contribution < 1.29 is 14.5 Å². The second kappa shape index (κ2) is 5.76. The summed E-state index contributed by atoms with van der Waals surface area (Å²) in [4.78, 5) is 40.1. The molecule has 0 aliphatic carbocycles. The molecule has 130 valence electrons. The summed E-state index contributed by atoms with van der Waals surface area (Å²) in [6.45, 7) is 2.15. The van der Waals surface area contributed by atoms with Crippen LogP contribution in [-0.2, 0) is 11.2 Å². The molecule has 8 heteroatoms. The molecule has 0 saturated heterocycles. The molecule has 26 heavy (non-hydrogen) atoms. The van der Waals surface area contributed by atoms with Crippen molar-refractivity contribution >= 4 is 29.2 Å². The van der Waals surface area contributed by atoms with Crippen molar-refractivity contribution in [2.75, 3.05) is 11.4 Å². The van der Waals surface area contributed by atoms with Crippen LogP contribution < -0.4 is 4.90 Å². The van der Waals surface area contributed by atoms with Gasteiger partial charge >= 0.3 is 0 Å². The number of hydrogen-bond acceptors (Lipinski definition) is 5. The van der Waals surface area contributed by atoms with Crippen molar-refractivity contribution in [3.05, 3.63) is 57.9 Å². The number of amides is 1. The average molecular weight is 350 g/mol. The SMILES string of the molecule is CC(=O)N1CCc2ccc(-c3nc4ccc([N+](=O)[O-])cn4c3C=O)cc21. The lowest BCUT2D eigenvalue weighted by Gasteiger charge is -2.15. The molecule has 4 rings (SSSR count). The minimum Gasteiger partial charge on any atom is -0.312 e. The molecule has 1 aliphatic rings. The summed E-state index contributed by atoms with van der Waals surface area (Å²) in [5, 5.41) is 11.0. The quantitative estimate of drug-likeness (QED) is 0.411. The van der Waals surface area contributed by atoms with Crippen LogP contribution in [0.4, 0.5) is 11.4 Å². The first-order valence-electron chi connectivity index (χ1n) is 8.02. The van der Waals surface area contributed by atoms with Gasteiger partial charge in [0, 0.05) is 30.8 Å². The zero-order valence-electron chi connectivity index (χ0n) is 13.9. The minimum absolute atomic E-state index is 0.0397. The Morgan fingerprint density at radius 3 is 2.81 bits per heavy atom. The fourth-order valence-corrected chi connectivity index (χ4v) is 3.34. The molecule has 1 aromatic carbocycles. The third-order valence-electron chi connectivity index (χ3n) is 4.60. The molecule has 1 amide bonds. The zero-order valence-corrected chi connectivity index (χ0v) is 13.9. The number of anilines is 1. The lowest BCUT2D eigenvalue weighted by molar-refractivity contribution is -0.385. The number of pyridine rings is 1. The molecule has 0 N–H and O–H groups in total. The van der Waals surface area contributed by atoms with Gasteiger partial charge in [-0.2, -0.15) is 0 Å². The Morgan fingerprint density at radius 2 is 2.12 bits per heavy atom. The van der Waals surface area contributed by atoms with Crippen LogP contribution in [0.25, 0.3) is 16.9 Å². The smallest absolute Gasteiger partial charge is 0.286 e. The van der Waals surface area contributed by atoms with Crippen molar-refractivity contribution in [1.29, 1.82) is 0 Å². The highest BCUT2D eigenvalue weighted by Crippen LogP contribution is 2.34. The Morgan fingerprint density at radius 1 is 1.31 bits per heavy atom. The molecular formula is C18H14N4O4. The van der Waals surface area contributed by atoms with E-state index in [4.69, 9.17) is 0 Å². The third-order valence-corrected chi connectivity index (χ3v) is 4.60. The fraction of sp³-hybridized carbons (Fsp3) is 0.167. The number of fused-ring (bicyclic) bond motifs is 2. The van der Waals surface area contributed by atoms with E-state index >= 15 is 0 Å². The lowest BCUT2D eigenvalue weighted by atomic mass is 10.1. The molecule has 0 bridgehead atoms. The maximum atomic E-state index is 11.8. The number of rotatable bonds is 3. The van der Waals surface area contributed by atoms with Gasteiger partial charge in [-0.05, 0) is 24.1 Å². The second-order valence-electron chi connectivity index (χ2n) is 6.10. The molecule has 1 aliphatic heterocycles. The van der Waals surface area contributed by atoms with Gasteiger partial charge in [-0.1, -0.05) is 12.1 Å². The van der Waals surface area contributed by atoms with E-state index in [1.54, 1.807) is 4.90 Å². The number of benzene rings is 1. The predicted molar refractivity (Wildman–Crippen MR) is 94.4 cm³/mol. The zero-order chi connectivity index (χ0) is 18.4. The van der Waals surface area contributed by atoms with Crippen LogP contribution in [0.2, 0.25) is 0 Å². The number of carbonyl (C=O) groups is 2. The molecule has 8 nitrogen and oxygen atoms in total. The van der Waals surface area contributed by atoms with Crippen molar-refractivity contribution in [2.24, 2.45) is 0 Å². The van der Waals surface area contributed by atoms with Crippen LogP contribution >= 0.6 is 0 Å². The largest absolute Gasteiger partial charge is 0.312 e. The van der Waals surface area contributed by atoms with Gasteiger partial charge in [0.05, 0.1) is 11.1 Å². The maximum Gasteiger partial charge on any atom is 0.286 e. The Bertz CT molecular complexity index is 1090. The molecule has 0 spiro atoms. The molecule has 2 aromatic heterocycles. The van der Waals surface area contributed by atoms with Crippen molar-refractivity contribution in [2.45, 2.75) is 13.3 Å². The Balaban J connectivity index is 1.90. The highest BCUT2D eigenvalue weighted by atomic mass is 16.6. The van der Waals surface area contributed by atoms with E-state index in [0.717, 1.165) is 17.7 Å². The van der Waals surface area contributed by atoms with E-state index in [1.165, 1.54) is 29.7 Å². The number of carbonyl (C=O) groups excluding carboxylic acids is 2. The Labute approximate surface area is 147 Å². The summed E-state index contributed by atoms with van der Waals surface area (Å²) in [5.74, 6) is -0.0397. The molecule has 0 unspecified atom stereocenters. The highest BCUT2D eigenvalue weighted by molar-refractivity contribution is 5.95. The van der Waals surface area contributed by atoms with Gasteiger partial charge in [-0.15, -0.1) is 0 Å². The van der Waals surface area contributed by atoms with Crippen LogP contribution in [0.3, 0.4) is 0 Å². The number of aromatic nitrogens is 2. The molecule has 0 atom stereocenters. The van der Waals surface area contributed by atoms with Crippen molar-refractivity contribution in [1.82, 2.24) is 9.38 Å². The van der Waals surface area contributed by atoms with E-state index in [2.05, 4.69) is 4.98 Å². The van der Waals surface area contributed by atoms with Crippen LogP contribution in [-0.4, -0.2) is 33.0 Å².